The largest absolute Gasteiger partial charge is 0.491 e. The van der Waals surface area contributed by atoms with E-state index in [0.717, 1.165) is 25.0 Å². The molecule has 138 valence electrons. The van der Waals surface area contributed by atoms with Gasteiger partial charge in [0.2, 0.25) is 0 Å². The van der Waals surface area contributed by atoms with Crippen molar-refractivity contribution in [3.8, 4) is 5.75 Å². The minimum absolute atomic E-state index is 0.119. The molecule has 1 rings (SSSR count). The molecule has 0 aromatic heterocycles. The van der Waals surface area contributed by atoms with E-state index in [2.05, 4.69) is 13.8 Å². The Morgan fingerprint density at radius 3 is 2.38 bits per heavy atom. The third kappa shape index (κ3) is 11.4. The summed E-state index contributed by atoms with van der Waals surface area (Å²) >= 11 is 0. The van der Waals surface area contributed by atoms with Gasteiger partial charge in [0.25, 0.3) is 10.1 Å². The van der Waals surface area contributed by atoms with Gasteiger partial charge in [-0.2, -0.15) is 8.42 Å². The highest BCUT2D eigenvalue weighted by molar-refractivity contribution is 7.86. The number of unbranched alkanes of at least 4 members (excludes halogenated alkanes) is 2. The van der Waals surface area contributed by atoms with Gasteiger partial charge in [-0.05, 0) is 24.5 Å². The maximum Gasteiger partial charge on any atom is 0.269 e. The van der Waals surface area contributed by atoms with Gasteiger partial charge in [-0.15, -0.1) is 0 Å². The van der Waals surface area contributed by atoms with Crippen molar-refractivity contribution in [3.63, 3.8) is 0 Å². The molecule has 0 amide bonds. The molecule has 0 fully saturated rings. The minimum atomic E-state index is -3.49. The molecule has 0 aliphatic rings. The van der Waals surface area contributed by atoms with Gasteiger partial charge in [-0.3, -0.25) is 4.18 Å². The summed E-state index contributed by atoms with van der Waals surface area (Å²) in [5.41, 5.74) is 0. The van der Waals surface area contributed by atoms with Crippen molar-refractivity contribution in [1.82, 2.24) is 0 Å². The maximum atomic E-state index is 11.7. The van der Waals surface area contributed by atoms with Crippen LogP contribution in [0.1, 0.15) is 39.5 Å². The molecule has 0 atom stereocenters. The molecule has 1 aromatic carbocycles. The summed E-state index contributed by atoms with van der Waals surface area (Å²) in [6.45, 7) is 5.49. The van der Waals surface area contributed by atoms with Gasteiger partial charge in [0.15, 0.2) is 0 Å². The Balaban J connectivity index is 1.98. The number of hydrogen-bond donors (Lipinski definition) is 0. The molecule has 6 heteroatoms. The van der Waals surface area contributed by atoms with Gasteiger partial charge in [-0.25, -0.2) is 0 Å². The lowest BCUT2D eigenvalue weighted by atomic mass is 10.1. The first kappa shape index (κ1) is 20.9. The molecule has 0 saturated heterocycles. The fourth-order valence-electron chi connectivity index (χ4n) is 2.07. The Morgan fingerprint density at radius 2 is 1.67 bits per heavy atom. The van der Waals surface area contributed by atoms with Crippen LogP contribution in [-0.4, -0.2) is 40.6 Å². The van der Waals surface area contributed by atoms with Gasteiger partial charge in [-0.1, -0.05) is 51.3 Å². The van der Waals surface area contributed by atoms with Crippen molar-refractivity contribution in [3.05, 3.63) is 30.3 Å². The molecule has 0 spiro atoms. The third-order valence-electron chi connectivity index (χ3n) is 3.41. The van der Waals surface area contributed by atoms with Crippen molar-refractivity contribution >= 4 is 10.1 Å². The second-order valence-electron chi connectivity index (χ2n) is 6.10. The number of rotatable bonds is 14. The van der Waals surface area contributed by atoms with E-state index in [0.29, 0.717) is 19.1 Å². The second kappa shape index (κ2) is 12.3. The number of benzene rings is 1. The molecule has 5 nitrogen and oxygen atoms in total. The van der Waals surface area contributed by atoms with Crippen LogP contribution in [0.5, 0.6) is 5.75 Å². The average molecular weight is 359 g/mol. The van der Waals surface area contributed by atoms with Gasteiger partial charge < -0.3 is 9.47 Å². The molecular weight excluding hydrogens is 328 g/mol. The Morgan fingerprint density at radius 1 is 0.917 bits per heavy atom. The van der Waals surface area contributed by atoms with Crippen LogP contribution in [0.4, 0.5) is 0 Å². The standard InChI is InChI=1S/C18H30O5S/c1-17(2)9-5-4-8-12-23-24(19,20)16-15-21-13-14-22-18-10-6-3-7-11-18/h3,6-7,10-11,17H,4-5,8-9,12-16H2,1-2H3. The molecule has 0 aliphatic carbocycles. The first-order valence-corrected chi connectivity index (χ1v) is 10.2. The van der Waals surface area contributed by atoms with E-state index in [1.54, 1.807) is 0 Å². The van der Waals surface area contributed by atoms with E-state index < -0.39 is 10.1 Å². The monoisotopic (exact) mass is 358 g/mol. The van der Waals surface area contributed by atoms with Gasteiger partial charge in [0, 0.05) is 0 Å². The number of hydrogen-bond acceptors (Lipinski definition) is 5. The van der Waals surface area contributed by atoms with Crippen molar-refractivity contribution in [2.24, 2.45) is 5.92 Å². The first-order chi connectivity index (χ1) is 11.5. The SMILES string of the molecule is CC(C)CCCCCOS(=O)(=O)CCOCCOc1ccccc1. The minimum Gasteiger partial charge on any atom is -0.491 e. The van der Waals surface area contributed by atoms with E-state index in [1.807, 2.05) is 30.3 Å². The van der Waals surface area contributed by atoms with E-state index in [-0.39, 0.29) is 19.0 Å². The van der Waals surface area contributed by atoms with E-state index in [1.165, 1.54) is 6.42 Å². The lowest BCUT2D eigenvalue weighted by molar-refractivity contribution is 0.110. The zero-order valence-electron chi connectivity index (χ0n) is 14.8. The van der Waals surface area contributed by atoms with E-state index >= 15 is 0 Å². The lowest BCUT2D eigenvalue weighted by Crippen LogP contribution is -2.17. The number of ether oxygens (including phenoxy) is 2. The molecule has 0 heterocycles. The van der Waals surface area contributed by atoms with Crippen LogP contribution in [0.25, 0.3) is 0 Å². The summed E-state index contributed by atoms with van der Waals surface area (Å²) in [5, 5.41) is 0. The van der Waals surface area contributed by atoms with Crippen LogP contribution in [0.3, 0.4) is 0 Å². The molecule has 24 heavy (non-hydrogen) atoms. The van der Waals surface area contributed by atoms with Crippen molar-refractivity contribution in [2.45, 2.75) is 39.5 Å². The summed E-state index contributed by atoms with van der Waals surface area (Å²) in [6.07, 6.45) is 4.07. The molecule has 0 saturated carbocycles. The lowest BCUT2D eigenvalue weighted by Gasteiger charge is -2.08. The van der Waals surface area contributed by atoms with Crippen LogP contribution in [0, 0.1) is 5.92 Å². The first-order valence-electron chi connectivity index (χ1n) is 8.62. The number of para-hydroxylation sites is 1. The summed E-state index contributed by atoms with van der Waals surface area (Å²) in [6, 6.07) is 9.42. The molecule has 0 aliphatic heterocycles. The Kier molecular flexibility index (Phi) is 10.7. The molecule has 0 bridgehead atoms. The van der Waals surface area contributed by atoms with Crippen LogP contribution in [0.15, 0.2) is 30.3 Å². The maximum absolute atomic E-state index is 11.7. The Bertz CT molecular complexity index is 513. The summed E-state index contributed by atoms with van der Waals surface area (Å²) in [7, 11) is -3.49. The molecule has 0 radical (unpaired) electrons. The predicted molar refractivity (Wildman–Crippen MR) is 95.8 cm³/mol. The highest BCUT2D eigenvalue weighted by Gasteiger charge is 2.10. The topological polar surface area (TPSA) is 61.8 Å². The van der Waals surface area contributed by atoms with Crippen LogP contribution >= 0.6 is 0 Å². The average Bonchev–Trinajstić information content (AvgIpc) is 2.54. The van der Waals surface area contributed by atoms with Crippen molar-refractivity contribution in [1.29, 1.82) is 0 Å². The highest BCUT2D eigenvalue weighted by Crippen LogP contribution is 2.09. The second-order valence-corrected chi connectivity index (χ2v) is 7.86. The van der Waals surface area contributed by atoms with Gasteiger partial charge in [0.05, 0.1) is 25.6 Å². The highest BCUT2D eigenvalue weighted by atomic mass is 32.2. The molecule has 1 aromatic rings. The molecule has 0 unspecified atom stereocenters. The normalized spacial score (nSPS) is 11.8. The van der Waals surface area contributed by atoms with Gasteiger partial charge >= 0.3 is 0 Å². The van der Waals surface area contributed by atoms with Crippen LogP contribution in [0.2, 0.25) is 0 Å². The molecule has 0 N–H and O–H groups in total. The predicted octanol–water partition coefficient (Wildman–Crippen LogP) is 3.64. The summed E-state index contributed by atoms with van der Waals surface area (Å²) in [4.78, 5) is 0. The Labute approximate surface area is 146 Å². The smallest absolute Gasteiger partial charge is 0.269 e. The quantitative estimate of drug-likeness (QED) is 0.375. The van der Waals surface area contributed by atoms with Crippen molar-refractivity contribution < 1.29 is 22.1 Å². The Hall–Kier alpha value is -1.11. The van der Waals surface area contributed by atoms with Crippen LogP contribution < -0.4 is 4.74 Å². The zero-order chi connectivity index (χ0) is 17.7. The summed E-state index contributed by atoms with van der Waals surface area (Å²) in [5.74, 6) is 1.34. The fourth-order valence-corrected chi connectivity index (χ4v) is 2.89. The van der Waals surface area contributed by atoms with E-state index in [9.17, 15) is 8.42 Å². The van der Waals surface area contributed by atoms with Crippen molar-refractivity contribution in [2.75, 3.05) is 32.2 Å². The third-order valence-corrected chi connectivity index (χ3v) is 4.60. The summed E-state index contributed by atoms with van der Waals surface area (Å²) < 4.78 is 39.1. The van der Waals surface area contributed by atoms with Gasteiger partial charge in [0.1, 0.15) is 12.4 Å². The molecular formula is C18H30O5S. The zero-order valence-corrected chi connectivity index (χ0v) is 15.6. The van der Waals surface area contributed by atoms with Crippen LogP contribution in [-0.2, 0) is 19.0 Å². The fraction of sp³-hybridized carbons (Fsp3) is 0.667. The van der Waals surface area contributed by atoms with E-state index in [4.69, 9.17) is 13.7 Å².